The van der Waals surface area contributed by atoms with Crippen LogP contribution in [0.5, 0.6) is 0 Å². The summed E-state index contributed by atoms with van der Waals surface area (Å²) in [6, 6.07) is 0.142. The summed E-state index contributed by atoms with van der Waals surface area (Å²) in [7, 11) is 0. The fourth-order valence-electron chi connectivity index (χ4n) is 2.90. The first-order valence-electron chi connectivity index (χ1n) is 6.87. The van der Waals surface area contributed by atoms with Crippen LogP contribution < -0.4 is 10.6 Å². The Morgan fingerprint density at radius 1 is 1.29 bits per heavy atom. The molecule has 1 heterocycles. The molecule has 98 valence electrons. The van der Waals surface area contributed by atoms with E-state index in [1.165, 1.54) is 0 Å². The van der Waals surface area contributed by atoms with E-state index in [9.17, 15) is 9.90 Å². The lowest BCUT2D eigenvalue weighted by molar-refractivity contribution is -0.125. The third-order valence-corrected chi connectivity index (χ3v) is 3.98. The fourth-order valence-corrected chi connectivity index (χ4v) is 2.90. The number of aliphatic hydroxyl groups is 1. The van der Waals surface area contributed by atoms with Gasteiger partial charge in [0, 0.05) is 6.04 Å². The summed E-state index contributed by atoms with van der Waals surface area (Å²) in [5.74, 6) is 0.750. The van der Waals surface area contributed by atoms with Crippen molar-refractivity contribution in [3.8, 4) is 0 Å². The van der Waals surface area contributed by atoms with Gasteiger partial charge < -0.3 is 15.7 Å². The normalized spacial score (nSPS) is 38.7. The number of carbonyl (C=O) groups is 1. The average Bonchev–Trinajstić information content (AvgIpc) is 2.29. The van der Waals surface area contributed by atoms with Crippen molar-refractivity contribution >= 4 is 5.91 Å². The summed E-state index contributed by atoms with van der Waals surface area (Å²) in [6.07, 6.45) is 5.48. The average molecular weight is 240 g/mol. The molecule has 17 heavy (non-hydrogen) atoms. The number of piperidine rings is 1. The maximum absolute atomic E-state index is 12.1. The van der Waals surface area contributed by atoms with Crippen molar-refractivity contribution in [1.82, 2.24) is 10.6 Å². The number of hydrogen-bond acceptors (Lipinski definition) is 3. The van der Waals surface area contributed by atoms with E-state index in [2.05, 4.69) is 17.6 Å². The molecule has 0 aromatic rings. The summed E-state index contributed by atoms with van der Waals surface area (Å²) < 4.78 is 0. The summed E-state index contributed by atoms with van der Waals surface area (Å²) in [4.78, 5) is 12.1. The van der Waals surface area contributed by atoms with Crippen LogP contribution in [0, 0.1) is 5.92 Å². The molecule has 1 saturated heterocycles. The lowest BCUT2D eigenvalue weighted by Gasteiger charge is -2.31. The highest BCUT2D eigenvalue weighted by atomic mass is 16.3. The molecule has 0 aromatic heterocycles. The van der Waals surface area contributed by atoms with Crippen LogP contribution in [-0.4, -0.2) is 35.7 Å². The van der Waals surface area contributed by atoms with E-state index in [-0.39, 0.29) is 24.1 Å². The summed E-state index contributed by atoms with van der Waals surface area (Å²) >= 11 is 0. The molecular weight excluding hydrogens is 216 g/mol. The van der Waals surface area contributed by atoms with Crippen LogP contribution in [0.3, 0.4) is 0 Å². The highest BCUT2D eigenvalue weighted by Crippen LogP contribution is 2.19. The highest BCUT2D eigenvalue weighted by molar-refractivity contribution is 5.82. The molecule has 0 aromatic carbocycles. The largest absolute Gasteiger partial charge is 0.393 e. The van der Waals surface area contributed by atoms with E-state index in [1.54, 1.807) is 0 Å². The van der Waals surface area contributed by atoms with Crippen molar-refractivity contribution in [1.29, 1.82) is 0 Å². The molecule has 0 radical (unpaired) electrons. The van der Waals surface area contributed by atoms with Crippen molar-refractivity contribution in [3.05, 3.63) is 0 Å². The van der Waals surface area contributed by atoms with Crippen LogP contribution in [0.4, 0.5) is 0 Å². The molecule has 4 nitrogen and oxygen atoms in total. The zero-order valence-corrected chi connectivity index (χ0v) is 10.6. The first-order chi connectivity index (χ1) is 8.15. The van der Waals surface area contributed by atoms with Crippen molar-refractivity contribution in [2.75, 3.05) is 6.54 Å². The summed E-state index contributed by atoms with van der Waals surface area (Å²) in [5, 5.41) is 15.9. The molecule has 0 spiro atoms. The van der Waals surface area contributed by atoms with Gasteiger partial charge in [-0.05, 0) is 51.0 Å². The van der Waals surface area contributed by atoms with Crippen LogP contribution in [0.25, 0.3) is 0 Å². The van der Waals surface area contributed by atoms with Gasteiger partial charge in [0.2, 0.25) is 5.91 Å². The fraction of sp³-hybridized carbons (Fsp3) is 0.923. The Bertz CT molecular complexity index is 270. The van der Waals surface area contributed by atoms with Gasteiger partial charge in [-0.2, -0.15) is 0 Å². The van der Waals surface area contributed by atoms with Gasteiger partial charge in [0.1, 0.15) is 0 Å². The van der Waals surface area contributed by atoms with Crippen LogP contribution in [0.2, 0.25) is 0 Å². The third-order valence-electron chi connectivity index (χ3n) is 3.98. The second-order valence-electron chi connectivity index (χ2n) is 5.66. The minimum absolute atomic E-state index is 0.0298. The van der Waals surface area contributed by atoms with Gasteiger partial charge in [-0.3, -0.25) is 4.79 Å². The topological polar surface area (TPSA) is 61.4 Å². The Morgan fingerprint density at radius 3 is 2.82 bits per heavy atom. The Hall–Kier alpha value is -0.610. The van der Waals surface area contributed by atoms with Crippen LogP contribution in [0.1, 0.15) is 45.4 Å². The molecule has 1 aliphatic carbocycles. The van der Waals surface area contributed by atoms with Gasteiger partial charge in [0.15, 0.2) is 0 Å². The maximum atomic E-state index is 12.1. The van der Waals surface area contributed by atoms with Gasteiger partial charge in [0.25, 0.3) is 0 Å². The molecule has 1 saturated carbocycles. The maximum Gasteiger partial charge on any atom is 0.237 e. The van der Waals surface area contributed by atoms with E-state index in [1.807, 2.05) is 0 Å². The molecule has 4 unspecified atom stereocenters. The molecule has 0 bridgehead atoms. The molecule has 3 N–H and O–H groups in total. The molecule has 2 fully saturated rings. The van der Waals surface area contributed by atoms with E-state index in [0.29, 0.717) is 12.3 Å². The van der Waals surface area contributed by atoms with E-state index in [0.717, 1.165) is 38.6 Å². The lowest BCUT2D eigenvalue weighted by atomic mass is 9.91. The quantitative estimate of drug-likeness (QED) is 0.669. The Labute approximate surface area is 103 Å². The number of nitrogens with one attached hydrogen (secondary N) is 2. The van der Waals surface area contributed by atoms with Gasteiger partial charge in [0.05, 0.1) is 12.1 Å². The molecule has 2 aliphatic rings. The zero-order chi connectivity index (χ0) is 12.3. The number of amides is 1. The Balaban J connectivity index is 1.79. The molecule has 1 aliphatic heterocycles. The number of carbonyl (C=O) groups excluding carboxylic acids is 1. The summed E-state index contributed by atoms with van der Waals surface area (Å²) in [6.45, 7) is 3.14. The SMILES string of the molecule is CC1CCNC(C(=O)NC2CCCC(O)C2)C1. The van der Waals surface area contributed by atoms with E-state index in [4.69, 9.17) is 0 Å². The minimum Gasteiger partial charge on any atom is -0.393 e. The van der Waals surface area contributed by atoms with E-state index >= 15 is 0 Å². The lowest BCUT2D eigenvalue weighted by Crippen LogP contribution is -2.52. The first-order valence-corrected chi connectivity index (χ1v) is 6.87. The van der Waals surface area contributed by atoms with E-state index < -0.39 is 0 Å². The number of rotatable bonds is 2. The predicted molar refractivity (Wildman–Crippen MR) is 66.6 cm³/mol. The second kappa shape index (κ2) is 5.83. The van der Waals surface area contributed by atoms with Crippen molar-refractivity contribution in [3.63, 3.8) is 0 Å². The van der Waals surface area contributed by atoms with Gasteiger partial charge in [-0.1, -0.05) is 6.92 Å². The summed E-state index contributed by atoms with van der Waals surface area (Å²) in [5.41, 5.74) is 0. The monoisotopic (exact) mass is 240 g/mol. The van der Waals surface area contributed by atoms with Crippen LogP contribution in [0.15, 0.2) is 0 Å². The van der Waals surface area contributed by atoms with Crippen LogP contribution >= 0.6 is 0 Å². The molecule has 4 heteroatoms. The smallest absolute Gasteiger partial charge is 0.237 e. The van der Waals surface area contributed by atoms with Crippen molar-refractivity contribution in [2.45, 2.75) is 63.6 Å². The van der Waals surface area contributed by atoms with Gasteiger partial charge in [-0.15, -0.1) is 0 Å². The third kappa shape index (κ3) is 3.68. The second-order valence-corrected chi connectivity index (χ2v) is 5.66. The molecule has 4 atom stereocenters. The first kappa shape index (κ1) is 12.8. The molecular formula is C13H24N2O2. The van der Waals surface area contributed by atoms with Gasteiger partial charge >= 0.3 is 0 Å². The molecule has 1 amide bonds. The Kier molecular flexibility index (Phi) is 4.40. The minimum atomic E-state index is -0.229. The van der Waals surface area contributed by atoms with Gasteiger partial charge in [-0.25, -0.2) is 0 Å². The highest BCUT2D eigenvalue weighted by Gasteiger charge is 2.28. The van der Waals surface area contributed by atoms with Crippen LogP contribution in [-0.2, 0) is 4.79 Å². The standard InChI is InChI=1S/C13H24N2O2/c1-9-5-6-14-12(7-9)13(17)15-10-3-2-4-11(16)8-10/h9-12,14,16H,2-8H2,1H3,(H,15,17). The van der Waals surface area contributed by atoms with Crippen molar-refractivity contribution < 1.29 is 9.90 Å². The zero-order valence-electron chi connectivity index (χ0n) is 10.6. The number of aliphatic hydroxyl groups excluding tert-OH is 1. The molecule has 2 rings (SSSR count). The number of hydrogen-bond donors (Lipinski definition) is 3. The predicted octanol–water partition coefficient (Wildman–Crippen LogP) is 0.794. The Morgan fingerprint density at radius 2 is 2.12 bits per heavy atom. The van der Waals surface area contributed by atoms with Crippen molar-refractivity contribution in [2.24, 2.45) is 5.92 Å².